The monoisotopic (exact) mass is 458 g/mol. The Kier molecular flexibility index (Phi) is 7.22. The number of carbonyl (C=O) groups excluding carboxylic acids is 3. The average molecular weight is 459 g/mol. The molecule has 0 spiro atoms. The Morgan fingerprint density at radius 1 is 0.941 bits per heavy atom. The van der Waals surface area contributed by atoms with Crippen LogP contribution in [0.3, 0.4) is 0 Å². The first-order chi connectivity index (χ1) is 16.5. The van der Waals surface area contributed by atoms with Crippen molar-refractivity contribution in [1.29, 1.82) is 0 Å². The van der Waals surface area contributed by atoms with E-state index < -0.39 is 36.2 Å². The van der Waals surface area contributed by atoms with E-state index in [2.05, 4.69) is 5.32 Å². The number of hydrogen-bond acceptors (Lipinski definition) is 5. The minimum absolute atomic E-state index is 0.0248. The number of benzene rings is 3. The third kappa shape index (κ3) is 5.26. The van der Waals surface area contributed by atoms with Gasteiger partial charge in [-0.25, -0.2) is 14.5 Å². The van der Waals surface area contributed by atoms with Gasteiger partial charge in [-0.05, 0) is 23.6 Å². The number of nitrogens with one attached hydrogen (secondary N) is 1. The van der Waals surface area contributed by atoms with Gasteiger partial charge in [0.2, 0.25) is 5.91 Å². The molecule has 0 bridgehead atoms. The molecule has 4 rings (SSSR count). The predicted molar refractivity (Wildman–Crippen MR) is 126 cm³/mol. The molecule has 7 heteroatoms. The van der Waals surface area contributed by atoms with Crippen molar-refractivity contribution in [2.75, 3.05) is 6.54 Å². The summed E-state index contributed by atoms with van der Waals surface area (Å²) in [7, 11) is 0. The molecule has 3 atom stereocenters. The van der Waals surface area contributed by atoms with Gasteiger partial charge in [0, 0.05) is 6.54 Å². The fourth-order valence-corrected chi connectivity index (χ4v) is 4.01. The number of alkyl carbamates (subject to hydrolysis) is 1. The number of carbonyl (C=O) groups is 3. The molecule has 3 aromatic carbocycles. The van der Waals surface area contributed by atoms with Gasteiger partial charge >= 0.3 is 12.2 Å². The second-order valence-corrected chi connectivity index (χ2v) is 8.07. The van der Waals surface area contributed by atoms with Gasteiger partial charge in [0.25, 0.3) is 0 Å². The molecular weight excluding hydrogens is 432 g/mol. The highest BCUT2D eigenvalue weighted by Gasteiger charge is 2.45. The maximum absolute atomic E-state index is 13.6. The van der Waals surface area contributed by atoms with Gasteiger partial charge in [0.15, 0.2) is 0 Å². The summed E-state index contributed by atoms with van der Waals surface area (Å²) in [6.45, 7) is 1.87. The van der Waals surface area contributed by atoms with Crippen molar-refractivity contribution < 1.29 is 23.9 Å². The highest BCUT2D eigenvalue weighted by atomic mass is 16.6. The normalized spacial score (nSPS) is 18.1. The van der Waals surface area contributed by atoms with Gasteiger partial charge < -0.3 is 14.8 Å². The van der Waals surface area contributed by atoms with Gasteiger partial charge in [-0.1, -0.05) is 91.0 Å². The zero-order chi connectivity index (χ0) is 23.9. The fraction of sp³-hybridized carbons (Fsp3) is 0.222. The maximum atomic E-state index is 13.6. The molecule has 1 N–H and O–H groups in total. The van der Waals surface area contributed by atoms with Crippen LogP contribution in [0.15, 0.2) is 91.0 Å². The minimum atomic E-state index is -0.782. The first kappa shape index (κ1) is 23.0. The van der Waals surface area contributed by atoms with Crippen LogP contribution in [0.2, 0.25) is 0 Å². The molecule has 1 fully saturated rings. The number of nitrogens with zero attached hydrogens (tertiary/aromatic N) is 1. The van der Waals surface area contributed by atoms with E-state index in [-0.39, 0.29) is 13.2 Å². The summed E-state index contributed by atoms with van der Waals surface area (Å²) in [4.78, 5) is 39.7. The molecule has 1 aliphatic heterocycles. The summed E-state index contributed by atoms with van der Waals surface area (Å²) in [6, 6.07) is 27.2. The Labute approximate surface area is 198 Å². The highest BCUT2D eigenvalue weighted by Crippen LogP contribution is 2.34. The Morgan fingerprint density at radius 2 is 1.53 bits per heavy atom. The van der Waals surface area contributed by atoms with Crippen LogP contribution < -0.4 is 5.32 Å². The van der Waals surface area contributed by atoms with Crippen LogP contribution in [0, 0.1) is 0 Å². The van der Waals surface area contributed by atoms with E-state index in [0.29, 0.717) is 5.56 Å². The van der Waals surface area contributed by atoms with Gasteiger partial charge in [0.1, 0.15) is 12.7 Å². The molecule has 3 amide bonds. The standard InChI is InChI=1S/C27H26N2O5/c1-19-24(22-15-9-4-10-16-22)34-27(32)29(19)25(30)23(21-13-7-3-8-14-21)17-28-26(31)33-18-20-11-5-2-6-12-20/h2-16,19,23-24H,17-18H2,1H3,(H,28,31)/t19-,23-,24-/m0/s1. The lowest BCUT2D eigenvalue weighted by Gasteiger charge is -2.25. The zero-order valence-electron chi connectivity index (χ0n) is 18.8. The van der Waals surface area contributed by atoms with Crippen molar-refractivity contribution in [1.82, 2.24) is 10.2 Å². The fourth-order valence-electron chi connectivity index (χ4n) is 4.01. The second kappa shape index (κ2) is 10.7. The molecule has 3 aromatic rings. The molecule has 1 heterocycles. The highest BCUT2D eigenvalue weighted by molar-refractivity contribution is 5.97. The average Bonchev–Trinajstić information content (AvgIpc) is 3.18. The van der Waals surface area contributed by atoms with Crippen LogP contribution in [0.1, 0.15) is 35.6 Å². The molecule has 174 valence electrons. The van der Waals surface area contributed by atoms with E-state index >= 15 is 0 Å². The predicted octanol–water partition coefficient (Wildman–Crippen LogP) is 4.81. The van der Waals surface area contributed by atoms with Crippen molar-refractivity contribution in [2.24, 2.45) is 0 Å². The Morgan fingerprint density at radius 3 is 2.18 bits per heavy atom. The Balaban J connectivity index is 1.47. The number of imide groups is 1. The molecular formula is C27H26N2O5. The minimum Gasteiger partial charge on any atom is -0.445 e. The largest absolute Gasteiger partial charge is 0.445 e. The lowest BCUT2D eigenvalue weighted by Crippen LogP contribution is -2.44. The van der Waals surface area contributed by atoms with Crippen LogP contribution in [0.25, 0.3) is 0 Å². The van der Waals surface area contributed by atoms with Gasteiger partial charge in [0.05, 0.1) is 12.0 Å². The molecule has 0 radical (unpaired) electrons. The molecule has 1 saturated heterocycles. The van der Waals surface area contributed by atoms with Crippen LogP contribution in [0.5, 0.6) is 0 Å². The lowest BCUT2D eigenvalue weighted by molar-refractivity contribution is -0.130. The van der Waals surface area contributed by atoms with E-state index in [0.717, 1.165) is 16.0 Å². The third-order valence-corrected chi connectivity index (χ3v) is 5.80. The van der Waals surface area contributed by atoms with Crippen LogP contribution in [0.4, 0.5) is 9.59 Å². The lowest BCUT2D eigenvalue weighted by atomic mass is 9.96. The van der Waals surface area contributed by atoms with Crippen molar-refractivity contribution in [3.05, 3.63) is 108 Å². The van der Waals surface area contributed by atoms with Gasteiger partial charge in [-0.15, -0.1) is 0 Å². The van der Waals surface area contributed by atoms with E-state index in [1.165, 1.54) is 0 Å². The van der Waals surface area contributed by atoms with E-state index in [4.69, 9.17) is 9.47 Å². The Hall–Kier alpha value is -4.13. The summed E-state index contributed by atoms with van der Waals surface area (Å²) >= 11 is 0. The summed E-state index contributed by atoms with van der Waals surface area (Å²) < 4.78 is 10.8. The number of ether oxygens (including phenoxy) is 2. The summed E-state index contributed by atoms with van der Waals surface area (Å²) in [5, 5.41) is 2.67. The number of hydrogen-bond donors (Lipinski definition) is 1. The van der Waals surface area contributed by atoms with Gasteiger partial charge in [-0.3, -0.25) is 4.79 Å². The number of rotatable bonds is 7. The molecule has 34 heavy (non-hydrogen) atoms. The number of cyclic esters (lactones) is 1. The second-order valence-electron chi connectivity index (χ2n) is 8.07. The van der Waals surface area contributed by atoms with Crippen LogP contribution >= 0.6 is 0 Å². The van der Waals surface area contributed by atoms with Gasteiger partial charge in [-0.2, -0.15) is 0 Å². The summed E-state index contributed by atoms with van der Waals surface area (Å²) in [6.07, 6.45) is -1.89. The molecule has 0 unspecified atom stereocenters. The zero-order valence-corrected chi connectivity index (χ0v) is 18.8. The SMILES string of the molecule is C[C@H]1[C@@H](c2ccccc2)OC(=O)N1C(=O)[C@@H](CNC(=O)OCc1ccccc1)c1ccccc1. The quantitative estimate of drug-likeness (QED) is 0.550. The van der Waals surface area contributed by atoms with E-state index in [9.17, 15) is 14.4 Å². The smallest absolute Gasteiger partial charge is 0.417 e. The molecule has 1 aliphatic rings. The molecule has 0 saturated carbocycles. The van der Waals surface area contributed by atoms with Crippen molar-refractivity contribution in [3.63, 3.8) is 0 Å². The first-order valence-electron chi connectivity index (χ1n) is 11.1. The third-order valence-electron chi connectivity index (χ3n) is 5.80. The molecule has 7 nitrogen and oxygen atoms in total. The van der Waals surface area contributed by atoms with Crippen molar-refractivity contribution in [2.45, 2.75) is 31.6 Å². The topological polar surface area (TPSA) is 84.9 Å². The van der Waals surface area contributed by atoms with E-state index in [1.54, 1.807) is 19.1 Å². The molecule has 0 aromatic heterocycles. The number of amides is 3. The first-order valence-corrected chi connectivity index (χ1v) is 11.1. The summed E-state index contributed by atoms with van der Waals surface area (Å²) in [5.41, 5.74) is 2.35. The van der Waals surface area contributed by atoms with Crippen molar-refractivity contribution in [3.8, 4) is 0 Å². The summed E-state index contributed by atoms with van der Waals surface area (Å²) in [5.74, 6) is -1.22. The van der Waals surface area contributed by atoms with Crippen molar-refractivity contribution >= 4 is 18.1 Å². The Bertz CT molecular complexity index is 1120. The maximum Gasteiger partial charge on any atom is 0.417 e. The molecule has 0 aliphatic carbocycles. The van der Waals surface area contributed by atoms with Crippen LogP contribution in [-0.2, 0) is 20.9 Å². The van der Waals surface area contributed by atoms with Crippen LogP contribution in [-0.4, -0.2) is 35.6 Å². The van der Waals surface area contributed by atoms with E-state index in [1.807, 2.05) is 78.9 Å².